The quantitative estimate of drug-likeness (QED) is 0.386. The monoisotopic (exact) mass is 478 g/mol. The van der Waals surface area contributed by atoms with Crippen molar-refractivity contribution in [3.63, 3.8) is 0 Å². The van der Waals surface area contributed by atoms with Crippen LogP contribution in [0.25, 0.3) is 0 Å². The van der Waals surface area contributed by atoms with E-state index >= 15 is 0 Å². The van der Waals surface area contributed by atoms with E-state index in [0.29, 0.717) is 46.9 Å². The third kappa shape index (κ3) is 4.76. The zero-order valence-electron chi connectivity index (χ0n) is 16.1. The molecule has 0 radical (unpaired) electrons. The predicted molar refractivity (Wildman–Crippen MR) is 124 cm³/mol. The molecular formula is C20H17Cl3N6O2. The first-order chi connectivity index (χ1) is 14.9. The van der Waals surface area contributed by atoms with Crippen molar-refractivity contribution in [2.45, 2.75) is 0 Å². The zero-order valence-corrected chi connectivity index (χ0v) is 18.4. The van der Waals surface area contributed by atoms with Gasteiger partial charge in [-0.05, 0) is 36.4 Å². The second kappa shape index (κ2) is 9.13. The van der Waals surface area contributed by atoms with E-state index in [2.05, 4.69) is 20.2 Å². The lowest BCUT2D eigenvalue weighted by atomic mass is 10.2. The van der Waals surface area contributed by atoms with Gasteiger partial charge in [-0.15, -0.1) is 0 Å². The highest BCUT2D eigenvalue weighted by atomic mass is 35.5. The van der Waals surface area contributed by atoms with Gasteiger partial charge in [0, 0.05) is 41.9 Å². The fourth-order valence-corrected chi connectivity index (χ4v) is 3.95. The molecule has 1 N–H and O–H groups in total. The van der Waals surface area contributed by atoms with Gasteiger partial charge >= 0.3 is 5.69 Å². The number of nitrogens with zero attached hydrogens (tertiary/aromatic N) is 5. The van der Waals surface area contributed by atoms with Gasteiger partial charge in [0.2, 0.25) is 11.6 Å². The highest BCUT2D eigenvalue weighted by Gasteiger charge is 2.29. The number of hydrogen-bond donors (Lipinski definition) is 1. The topological polar surface area (TPSA) is 87.4 Å². The molecule has 8 nitrogen and oxygen atoms in total. The third-order valence-corrected chi connectivity index (χ3v) is 5.72. The van der Waals surface area contributed by atoms with Gasteiger partial charge in [0.25, 0.3) is 0 Å². The SMILES string of the molecule is O=[N+]([O-])c1c(Nc2cc(Cl)ccc2Cl)ncnc1N1CCN(c2cccc(Cl)c2)CC1. The van der Waals surface area contributed by atoms with Crippen molar-refractivity contribution in [3.8, 4) is 0 Å². The van der Waals surface area contributed by atoms with Crippen LogP contribution in [0.1, 0.15) is 0 Å². The summed E-state index contributed by atoms with van der Waals surface area (Å²) in [5.74, 6) is 0.308. The molecule has 1 aromatic heterocycles. The largest absolute Gasteiger partial charge is 0.368 e. The van der Waals surface area contributed by atoms with Gasteiger partial charge in [-0.25, -0.2) is 9.97 Å². The minimum absolute atomic E-state index is 0.0523. The number of halogens is 3. The summed E-state index contributed by atoms with van der Waals surface area (Å²) in [4.78, 5) is 23.8. The maximum atomic E-state index is 11.9. The van der Waals surface area contributed by atoms with Crippen molar-refractivity contribution >= 4 is 63.5 Å². The Morgan fingerprint density at radius 3 is 2.35 bits per heavy atom. The minimum atomic E-state index is -0.487. The normalized spacial score (nSPS) is 13.9. The van der Waals surface area contributed by atoms with Crippen molar-refractivity contribution in [1.29, 1.82) is 0 Å². The van der Waals surface area contributed by atoms with E-state index < -0.39 is 4.92 Å². The van der Waals surface area contributed by atoms with Gasteiger partial charge in [0.15, 0.2) is 0 Å². The van der Waals surface area contributed by atoms with E-state index in [1.165, 1.54) is 6.33 Å². The average Bonchev–Trinajstić information content (AvgIpc) is 2.76. The Bertz CT molecular complexity index is 1120. The van der Waals surface area contributed by atoms with E-state index in [9.17, 15) is 10.1 Å². The van der Waals surface area contributed by atoms with Crippen LogP contribution in [-0.4, -0.2) is 41.1 Å². The van der Waals surface area contributed by atoms with Gasteiger partial charge < -0.3 is 15.1 Å². The van der Waals surface area contributed by atoms with Crippen LogP contribution in [0.15, 0.2) is 48.8 Å². The standard InChI is InChI=1S/C20H17Cl3N6O2/c21-13-2-1-3-15(10-13)27-6-8-28(9-7-27)20-18(29(30)31)19(24-12-25-20)26-17-11-14(22)4-5-16(17)23/h1-5,10-12H,6-9H2,(H,24,25,26). The molecule has 31 heavy (non-hydrogen) atoms. The highest BCUT2D eigenvalue weighted by molar-refractivity contribution is 6.35. The van der Waals surface area contributed by atoms with E-state index in [-0.39, 0.29) is 17.3 Å². The molecule has 1 fully saturated rings. The van der Waals surface area contributed by atoms with E-state index in [1.54, 1.807) is 18.2 Å². The molecule has 0 unspecified atom stereocenters. The Hall–Kier alpha value is -2.81. The first-order valence-electron chi connectivity index (χ1n) is 9.39. The maximum Gasteiger partial charge on any atom is 0.353 e. The first kappa shape index (κ1) is 21.4. The fourth-order valence-electron chi connectivity index (χ4n) is 3.43. The summed E-state index contributed by atoms with van der Waals surface area (Å²) in [7, 11) is 0. The van der Waals surface area contributed by atoms with Crippen molar-refractivity contribution in [1.82, 2.24) is 9.97 Å². The lowest BCUT2D eigenvalue weighted by molar-refractivity contribution is -0.383. The predicted octanol–water partition coefficient (Wildman–Crippen LogP) is 5.42. The second-order valence-corrected chi connectivity index (χ2v) is 8.13. The molecule has 3 aromatic rings. The molecule has 0 spiro atoms. The molecule has 11 heteroatoms. The number of nitrogens with one attached hydrogen (secondary N) is 1. The Balaban J connectivity index is 1.58. The lowest BCUT2D eigenvalue weighted by Crippen LogP contribution is -2.47. The van der Waals surface area contributed by atoms with Gasteiger partial charge in [0.05, 0.1) is 15.6 Å². The van der Waals surface area contributed by atoms with Gasteiger partial charge in [-0.3, -0.25) is 10.1 Å². The summed E-state index contributed by atoms with van der Waals surface area (Å²) in [6.07, 6.45) is 1.30. The lowest BCUT2D eigenvalue weighted by Gasteiger charge is -2.36. The van der Waals surface area contributed by atoms with Crippen LogP contribution in [0.2, 0.25) is 15.1 Å². The van der Waals surface area contributed by atoms with Crippen molar-refractivity contribution in [2.24, 2.45) is 0 Å². The summed E-state index contributed by atoms with van der Waals surface area (Å²) < 4.78 is 0. The van der Waals surface area contributed by atoms with Crippen LogP contribution in [-0.2, 0) is 0 Å². The molecule has 0 atom stereocenters. The van der Waals surface area contributed by atoms with E-state index in [4.69, 9.17) is 34.8 Å². The number of nitro groups is 1. The Labute approximate surface area is 193 Å². The molecule has 0 aliphatic carbocycles. The van der Waals surface area contributed by atoms with Gasteiger partial charge in [-0.1, -0.05) is 40.9 Å². The number of anilines is 4. The third-order valence-electron chi connectivity index (χ3n) is 4.92. The fraction of sp³-hybridized carbons (Fsp3) is 0.200. The number of hydrogen-bond acceptors (Lipinski definition) is 7. The van der Waals surface area contributed by atoms with Crippen molar-refractivity contribution in [3.05, 3.63) is 74.0 Å². The molecule has 2 aromatic carbocycles. The van der Waals surface area contributed by atoms with Crippen LogP contribution in [0, 0.1) is 10.1 Å². The molecule has 1 saturated heterocycles. The molecular weight excluding hydrogens is 463 g/mol. The molecule has 1 aliphatic heterocycles. The van der Waals surface area contributed by atoms with Crippen molar-refractivity contribution in [2.75, 3.05) is 41.3 Å². The Morgan fingerprint density at radius 2 is 1.65 bits per heavy atom. The number of benzene rings is 2. The van der Waals surface area contributed by atoms with Crippen LogP contribution >= 0.6 is 34.8 Å². The summed E-state index contributed by atoms with van der Waals surface area (Å²) in [6.45, 7) is 2.46. The van der Waals surface area contributed by atoms with E-state index in [1.807, 2.05) is 29.2 Å². The van der Waals surface area contributed by atoms with Gasteiger partial charge in [-0.2, -0.15) is 0 Å². The molecule has 0 amide bonds. The number of piperazine rings is 1. The Kier molecular flexibility index (Phi) is 6.31. The highest BCUT2D eigenvalue weighted by Crippen LogP contribution is 2.36. The van der Waals surface area contributed by atoms with Crippen LogP contribution in [0.4, 0.5) is 28.7 Å². The van der Waals surface area contributed by atoms with Crippen LogP contribution in [0.3, 0.4) is 0 Å². The Morgan fingerprint density at radius 1 is 0.935 bits per heavy atom. The first-order valence-corrected chi connectivity index (χ1v) is 10.5. The molecule has 160 valence electrons. The number of rotatable bonds is 5. The molecule has 2 heterocycles. The zero-order chi connectivity index (χ0) is 22.0. The van der Waals surface area contributed by atoms with Crippen LogP contribution < -0.4 is 15.1 Å². The molecule has 0 bridgehead atoms. The molecule has 1 aliphatic rings. The summed E-state index contributed by atoms with van der Waals surface area (Å²) in [6, 6.07) is 12.4. The smallest absolute Gasteiger partial charge is 0.353 e. The van der Waals surface area contributed by atoms with Crippen molar-refractivity contribution < 1.29 is 4.92 Å². The molecule has 4 rings (SSSR count). The maximum absolute atomic E-state index is 11.9. The summed E-state index contributed by atoms with van der Waals surface area (Å²) in [5, 5.41) is 16.3. The van der Waals surface area contributed by atoms with Crippen LogP contribution in [0.5, 0.6) is 0 Å². The second-order valence-electron chi connectivity index (χ2n) is 6.85. The van der Waals surface area contributed by atoms with Gasteiger partial charge in [0.1, 0.15) is 6.33 Å². The van der Waals surface area contributed by atoms with E-state index in [0.717, 1.165) is 5.69 Å². The number of aromatic nitrogens is 2. The summed E-state index contributed by atoms with van der Waals surface area (Å²) in [5.41, 5.74) is 1.23. The average molecular weight is 480 g/mol. The minimum Gasteiger partial charge on any atom is -0.368 e. The summed E-state index contributed by atoms with van der Waals surface area (Å²) >= 11 is 18.3. The molecule has 0 saturated carbocycles.